The Hall–Kier alpha value is -2.39. The molecule has 0 aliphatic carbocycles. The van der Waals surface area contributed by atoms with Gasteiger partial charge in [0.25, 0.3) is 0 Å². The van der Waals surface area contributed by atoms with Crippen molar-refractivity contribution >= 4 is 16.7 Å². The maximum atomic E-state index is 6.04. The number of hydrogen-bond donors (Lipinski definition) is 2. The first-order valence-electron chi connectivity index (χ1n) is 6.24. The highest BCUT2D eigenvalue weighted by Crippen LogP contribution is 2.33. The van der Waals surface area contributed by atoms with Crippen LogP contribution in [0.1, 0.15) is 5.56 Å². The topological polar surface area (TPSA) is 64.9 Å². The van der Waals surface area contributed by atoms with Crippen molar-refractivity contribution in [2.75, 3.05) is 5.73 Å². The Bertz CT molecular complexity index is 721. The molecule has 0 aliphatic rings. The Morgan fingerprint density at radius 1 is 0.895 bits per heavy atom. The number of aromatic nitrogens is 1. The van der Waals surface area contributed by atoms with E-state index in [1.54, 1.807) is 0 Å². The van der Waals surface area contributed by atoms with E-state index in [4.69, 9.17) is 11.5 Å². The minimum absolute atomic E-state index is 0.383. The first-order valence-corrected chi connectivity index (χ1v) is 6.24. The lowest BCUT2D eigenvalue weighted by Gasteiger charge is -2.14. The molecule has 0 fully saturated rings. The van der Waals surface area contributed by atoms with Crippen LogP contribution in [-0.4, -0.2) is 4.98 Å². The number of nitrogens with two attached hydrogens (primary N) is 2. The number of pyridine rings is 1. The summed E-state index contributed by atoms with van der Waals surface area (Å²) in [4.78, 5) is 4.43. The minimum atomic E-state index is 0.383. The molecule has 3 heteroatoms. The molecular formula is C16H15N3. The van der Waals surface area contributed by atoms with Crippen LogP contribution in [0.4, 0.5) is 5.82 Å². The van der Waals surface area contributed by atoms with Crippen LogP contribution >= 0.6 is 0 Å². The van der Waals surface area contributed by atoms with Crippen molar-refractivity contribution in [2.45, 2.75) is 6.54 Å². The second-order valence-corrected chi connectivity index (χ2v) is 4.44. The lowest BCUT2D eigenvalue weighted by molar-refractivity contribution is 1.07. The lowest BCUT2D eigenvalue weighted by atomic mass is 9.96. The molecule has 0 saturated carbocycles. The van der Waals surface area contributed by atoms with Crippen molar-refractivity contribution in [2.24, 2.45) is 5.73 Å². The van der Waals surface area contributed by atoms with E-state index in [0.29, 0.717) is 12.4 Å². The largest absolute Gasteiger partial charge is 0.383 e. The van der Waals surface area contributed by atoms with Gasteiger partial charge in [0.1, 0.15) is 5.82 Å². The molecule has 0 radical (unpaired) electrons. The Morgan fingerprint density at radius 2 is 1.58 bits per heavy atom. The van der Waals surface area contributed by atoms with Gasteiger partial charge in [-0.25, -0.2) is 4.98 Å². The van der Waals surface area contributed by atoms with E-state index < -0.39 is 0 Å². The Balaban J connectivity index is 2.43. The molecule has 3 aromatic rings. The van der Waals surface area contributed by atoms with Crippen LogP contribution in [-0.2, 0) is 6.54 Å². The Labute approximate surface area is 111 Å². The molecule has 0 spiro atoms. The fourth-order valence-electron chi connectivity index (χ4n) is 2.41. The molecule has 1 aromatic heterocycles. The summed E-state index contributed by atoms with van der Waals surface area (Å²) in [5.74, 6) is 0.514. The van der Waals surface area contributed by atoms with Crippen LogP contribution in [0.2, 0.25) is 0 Å². The number of para-hydroxylation sites is 1. The van der Waals surface area contributed by atoms with Crippen molar-refractivity contribution in [3.8, 4) is 11.1 Å². The van der Waals surface area contributed by atoms with Gasteiger partial charge in [-0.3, -0.25) is 0 Å². The van der Waals surface area contributed by atoms with Crippen LogP contribution in [0, 0.1) is 0 Å². The zero-order valence-electron chi connectivity index (χ0n) is 10.5. The highest BCUT2D eigenvalue weighted by Gasteiger charge is 2.13. The first kappa shape index (κ1) is 11.7. The Morgan fingerprint density at radius 3 is 2.32 bits per heavy atom. The SMILES string of the molecule is NCc1c(N)nc2ccccc2c1-c1ccccc1. The van der Waals surface area contributed by atoms with Crippen LogP contribution in [0.25, 0.3) is 22.0 Å². The van der Waals surface area contributed by atoms with Gasteiger partial charge in [0.2, 0.25) is 0 Å². The van der Waals surface area contributed by atoms with Gasteiger partial charge in [0, 0.05) is 17.5 Å². The summed E-state index contributed by atoms with van der Waals surface area (Å²) < 4.78 is 0. The number of anilines is 1. The molecule has 2 aromatic carbocycles. The van der Waals surface area contributed by atoms with E-state index in [1.165, 1.54) is 0 Å². The smallest absolute Gasteiger partial charge is 0.129 e. The maximum Gasteiger partial charge on any atom is 0.129 e. The summed E-state index contributed by atoms with van der Waals surface area (Å²) in [6.07, 6.45) is 0. The monoisotopic (exact) mass is 249 g/mol. The number of hydrogen-bond acceptors (Lipinski definition) is 3. The van der Waals surface area contributed by atoms with E-state index >= 15 is 0 Å². The fraction of sp³-hybridized carbons (Fsp3) is 0.0625. The standard InChI is InChI=1S/C16H15N3/c17-10-13-15(11-6-2-1-3-7-11)12-8-4-5-9-14(12)19-16(13)18/h1-9H,10,17H2,(H2,18,19). The number of fused-ring (bicyclic) bond motifs is 1. The summed E-state index contributed by atoms with van der Waals surface area (Å²) in [7, 11) is 0. The van der Waals surface area contributed by atoms with Gasteiger partial charge in [0.15, 0.2) is 0 Å². The predicted octanol–water partition coefficient (Wildman–Crippen LogP) is 2.94. The zero-order chi connectivity index (χ0) is 13.2. The molecule has 0 aliphatic heterocycles. The van der Waals surface area contributed by atoms with Gasteiger partial charge in [-0.05, 0) is 17.2 Å². The predicted molar refractivity (Wildman–Crippen MR) is 79.5 cm³/mol. The van der Waals surface area contributed by atoms with Crippen LogP contribution in [0.5, 0.6) is 0 Å². The van der Waals surface area contributed by atoms with Crippen molar-refractivity contribution < 1.29 is 0 Å². The molecule has 1 heterocycles. The summed E-state index contributed by atoms with van der Waals surface area (Å²) >= 11 is 0. The number of nitrogens with zero attached hydrogens (tertiary/aromatic N) is 1. The molecular weight excluding hydrogens is 234 g/mol. The van der Waals surface area contributed by atoms with Gasteiger partial charge >= 0.3 is 0 Å². The van der Waals surface area contributed by atoms with E-state index in [-0.39, 0.29) is 0 Å². The fourth-order valence-corrected chi connectivity index (χ4v) is 2.41. The highest BCUT2D eigenvalue weighted by atomic mass is 14.8. The molecule has 3 nitrogen and oxygen atoms in total. The zero-order valence-corrected chi connectivity index (χ0v) is 10.5. The molecule has 0 saturated heterocycles. The minimum Gasteiger partial charge on any atom is -0.383 e. The molecule has 94 valence electrons. The van der Waals surface area contributed by atoms with Gasteiger partial charge < -0.3 is 11.5 Å². The number of benzene rings is 2. The first-order chi connectivity index (χ1) is 9.31. The van der Waals surface area contributed by atoms with E-state index in [0.717, 1.165) is 27.6 Å². The summed E-state index contributed by atoms with van der Waals surface area (Å²) in [6.45, 7) is 0.383. The van der Waals surface area contributed by atoms with Crippen LogP contribution < -0.4 is 11.5 Å². The van der Waals surface area contributed by atoms with Gasteiger partial charge in [-0.15, -0.1) is 0 Å². The second kappa shape index (κ2) is 4.71. The summed E-state index contributed by atoms with van der Waals surface area (Å²) in [6, 6.07) is 18.2. The molecule has 0 bridgehead atoms. The maximum absolute atomic E-state index is 6.04. The van der Waals surface area contributed by atoms with E-state index in [9.17, 15) is 0 Å². The summed E-state index contributed by atoms with van der Waals surface area (Å²) in [5.41, 5.74) is 15.9. The van der Waals surface area contributed by atoms with Crippen molar-refractivity contribution in [3.63, 3.8) is 0 Å². The quantitative estimate of drug-likeness (QED) is 0.734. The van der Waals surface area contributed by atoms with Gasteiger partial charge in [-0.1, -0.05) is 48.5 Å². The molecule has 0 amide bonds. The average molecular weight is 249 g/mol. The average Bonchev–Trinajstić information content (AvgIpc) is 2.46. The number of rotatable bonds is 2. The summed E-state index contributed by atoms with van der Waals surface area (Å²) in [5, 5.41) is 1.09. The lowest BCUT2D eigenvalue weighted by Crippen LogP contribution is -2.06. The highest BCUT2D eigenvalue weighted by molar-refractivity contribution is 5.98. The molecule has 4 N–H and O–H groups in total. The van der Waals surface area contributed by atoms with Crippen molar-refractivity contribution in [1.29, 1.82) is 0 Å². The molecule has 19 heavy (non-hydrogen) atoms. The third-order valence-corrected chi connectivity index (χ3v) is 3.29. The van der Waals surface area contributed by atoms with E-state index in [1.807, 2.05) is 36.4 Å². The normalized spacial score (nSPS) is 10.8. The third kappa shape index (κ3) is 1.94. The molecule has 3 rings (SSSR count). The number of nitrogen functional groups attached to an aromatic ring is 1. The molecule has 0 atom stereocenters. The molecule has 0 unspecified atom stereocenters. The third-order valence-electron chi connectivity index (χ3n) is 3.29. The second-order valence-electron chi connectivity index (χ2n) is 4.44. The van der Waals surface area contributed by atoms with E-state index in [2.05, 4.69) is 23.2 Å². The Kier molecular flexibility index (Phi) is 2.89. The van der Waals surface area contributed by atoms with Crippen LogP contribution in [0.15, 0.2) is 54.6 Å². The van der Waals surface area contributed by atoms with Crippen LogP contribution in [0.3, 0.4) is 0 Å². The van der Waals surface area contributed by atoms with Gasteiger partial charge in [-0.2, -0.15) is 0 Å². The van der Waals surface area contributed by atoms with Crippen molar-refractivity contribution in [1.82, 2.24) is 4.98 Å². The van der Waals surface area contributed by atoms with Crippen molar-refractivity contribution in [3.05, 3.63) is 60.2 Å². The van der Waals surface area contributed by atoms with Gasteiger partial charge in [0.05, 0.1) is 5.52 Å².